The molecule has 6 nitrogen and oxygen atoms in total. The summed E-state index contributed by atoms with van der Waals surface area (Å²) in [7, 11) is 0. The molecule has 1 atom stereocenters. The Morgan fingerprint density at radius 3 is 2.87 bits per heavy atom. The summed E-state index contributed by atoms with van der Waals surface area (Å²) in [5.41, 5.74) is 7.17. The van der Waals surface area contributed by atoms with E-state index in [1.807, 2.05) is 19.9 Å². The highest BCUT2D eigenvalue weighted by Gasteiger charge is 2.29. The molecule has 1 unspecified atom stereocenters. The molecule has 0 aromatic heterocycles. The number of hydrogen-bond acceptors (Lipinski definition) is 2. The van der Waals surface area contributed by atoms with Crippen molar-refractivity contribution in [3.63, 3.8) is 0 Å². The molecule has 0 aromatic rings. The van der Waals surface area contributed by atoms with Gasteiger partial charge in [0.05, 0.1) is 0 Å². The van der Waals surface area contributed by atoms with Crippen LogP contribution in [0.5, 0.6) is 0 Å². The highest BCUT2D eigenvalue weighted by molar-refractivity contribution is 5.72. The van der Waals surface area contributed by atoms with Crippen LogP contribution in [0.3, 0.4) is 0 Å². The average Bonchev–Trinajstić information content (AvgIpc) is 2.87. The summed E-state index contributed by atoms with van der Waals surface area (Å²) in [5.74, 6) is 0.270. The lowest BCUT2D eigenvalue weighted by Crippen LogP contribution is -2.46. The zero-order valence-corrected chi connectivity index (χ0v) is 13.7. The van der Waals surface area contributed by atoms with Crippen LogP contribution >= 0.6 is 0 Å². The van der Waals surface area contributed by atoms with Crippen LogP contribution in [-0.4, -0.2) is 40.8 Å². The number of carbonyl (C=O) groups is 2. The number of carboxylic acid groups (broad SMARTS) is 1. The number of urea groups is 1. The molecule has 2 rings (SSSR count). The SMILES string of the molecule is CC(C)(CCC=CC1CC=CC2=C1CN(C(=O)O)C2)NC(N)=O. The molecule has 0 saturated heterocycles. The molecule has 0 bridgehead atoms. The quantitative estimate of drug-likeness (QED) is 0.680. The third-order valence-electron chi connectivity index (χ3n) is 4.33. The van der Waals surface area contributed by atoms with Gasteiger partial charge in [0.15, 0.2) is 0 Å². The zero-order valence-electron chi connectivity index (χ0n) is 13.7. The summed E-state index contributed by atoms with van der Waals surface area (Å²) in [6.45, 7) is 4.87. The average molecular weight is 319 g/mol. The van der Waals surface area contributed by atoms with Gasteiger partial charge in [-0.15, -0.1) is 0 Å². The highest BCUT2D eigenvalue weighted by atomic mass is 16.4. The van der Waals surface area contributed by atoms with Crippen molar-refractivity contribution in [1.29, 1.82) is 0 Å². The fourth-order valence-electron chi connectivity index (χ4n) is 3.12. The Morgan fingerprint density at radius 2 is 2.22 bits per heavy atom. The molecule has 1 aliphatic heterocycles. The van der Waals surface area contributed by atoms with Gasteiger partial charge >= 0.3 is 12.1 Å². The number of allylic oxidation sites excluding steroid dienone is 3. The Labute approximate surface area is 136 Å². The van der Waals surface area contributed by atoms with Crippen LogP contribution in [0.25, 0.3) is 0 Å². The van der Waals surface area contributed by atoms with Crippen molar-refractivity contribution in [1.82, 2.24) is 10.2 Å². The molecule has 1 heterocycles. The lowest BCUT2D eigenvalue weighted by molar-refractivity contribution is 0.156. The van der Waals surface area contributed by atoms with Crippen LogP contribution in [0.1, 0.15) is 33.1 Å². The summed E-state index contributed by atoms with van der Waals surface area (Å²) in [6.07, 6.45) is 10.1. The maximum atomic E-state index is 11.1. The van der Waals surface area contributed by atoms with E-state index in [4.69, 9.17) is 10.8 Å². The fraction of sp³-hybridized carbons (Fsp3) is 0.529. The molecule has 0 radical (unpaired) electrons. The van der Waals surface area contributed by atoms with Crippen molar-refractivity contribution in [3.05, 3.63) is 35.5 Å². The van der Waals surface area contributed by atoms with Gasteiger partial charge in [0, 0.05) is 24.5 Å². The lowest BCUT2D eigenvalue weighted by Gasteiger charge is -2.24. The first kappa shape index (κ1) is 17.1. The van der Waals surface area contributed by atoms with E-state index in [9.17, 15) is 9.59 Å². The normalized spacial score (nSPS) is 21.0. The molecule has 0 fully saturated rings. The minimum atomic E-state index is -0.866. The second kappa shape index (κ2) is 6.89. The van der Waals surface area contributed by atoms with Gasteiger partial charge in [-0.25, -0.2) is 9.59 Å². The molecule has 0 saturated carbocycles. The summed E-state index contributed by atoms with van der Waals surface area (Å²) in [4.78, 5) is 23.5. The van der Waals surface area contributed by atoms with Gasteiger partial charge in [0.2, 0.25) is 0 Å². The van der Waals surface area contributed by atoms with Crippen LogP contribution in [-0.2, 0) is 0 Å². The third kappa shape index (κ3) is 4.61. The largest absolute Gasteiger partial charge is 0.465 e. The minimum absolute atomic E-state index is 0.270. The Bertz CT molecular complexity index is 576. The predicted octanol–water partition coefficient (Wildman–Crippen LogP) is 2.64. The molecule has 0 aromatic carbocycles. The number of carbonyl (C=O) groups excluding carboxylic acids is 1. The van der Waals surface area contributed by atoms with E-state index >= 15 is 0 Å². The molecule has 126 valence electrons. The summed E-state index contributed by atoms with van der Waals surface area (Å²) in [5, 5.41) is 11.9. The number of amides is 3. The van der Waals surface area contributed by atoms with E-state index in [0.29, 0.717) is 13.1 Å². The topological polar surface area (TPSA) is 95.7 Å². The fourth-order valence-corrected chi connectivity index (χ4v) is 3.12. The van der Waals surface area contributed by atoms with Crippen molar-refractivity contribution in [2.24, 2.45) is 11.7 Å². The Hall–Kier alpha value is -2.24. The standard InChI is InChI=1S/C17H25N3O3/c1-17(2,19-15(18)21)9-4-3-6-12-7-5-8-13-10-20(16(22)23)11-14(12)13/h3,5-6,8,12H,4,7,9-11H2,1-2H3,(H,22,23)(H3,18,19,21). The molecule has 1 aliphatic carbocycles. The predicted molar refractivity (Wildman–Crippen MR) is 89.0 cm³/mol. The van der Waals surface area contributed by atoms with E-state index in [2.05, 4.69) is 23.5 Å². The summed E-state index contributed by atoms with van der Waals surface area (Å²) >= 11 is 0. The molecule has 0 spiro atoms. The summed E-state index contributed by atoms with van der Waals surface area (Å²) < 4.78 is 0. The van der Waals surface area contributed by atoms with Crippen LogP contribution in [0.2, 0.25) is 0 Å². The van der Waals surface area contributed by atoms with Gasteiger partial charge in [0.1, 0.15) is 0 Å². The first-order chi connectivity index (χ1) is 10.8. The first-order valence-electron chi connectivity index (χ1n) is 7.89. The number of nitrogens with one attached hydrogen (secondary N) is 1. The number of primary amides is 1. The maximum absolute atomic E-state index is 11.1. The van der Waals surface area contributed by atoms with Crippen LogP contribution in [0.15, 0.2) is 35.5 Å². The minimum Gasteiger partial charge on any atom is -0.465 e. The molecule has 4 N–H and O–H groups in total. The lowest BCUT2D eigenvalue weighted by atomic mass is 9.88. The van der Waals surface area contributed by atoms with Gasteiger partial charge in [-0.1, -0.05) is 24.3 Å². The van der Waals surface area contributed by atoms with Gasteiger partial charge in [-0.05, 0) is 44.3 Å². The molecule has 3 amide bonds. The second-order valence-corrected chi connectivity index (χ2v) is 6.77. The van der Waals surface area contributed by atoms with Crippen molar-refractivity contribution >= 4 is 12.1 Å². The van der Waals surface area contributed by atoms with Gasteiger partial charge in [-0.3, -0.25) is 0 Å². The van der Waals surface area contributed by atoms with Crippen LogP contribution in [0.4, 0.5) is 9.59 Å². The zero-order chi connectivity index (χ0) is 17.0. The molecule has 2 aliphatic rings. The molecule has 23 heavy (non-hydrogen) atoms. The van der Waals surface area contributed by atoms with Crippen LogP contribution in [0, 0.1) is 5.92 Å². The highest BCUT2D eigenvalue weighted by Crippen LogP contribution is 2.32. The smallest absolute Gasteiger partial charge is 0.407 e. The maximum Gasteiger partial charge on any atom is 0.407 e. The van der Waals surface area contributed by atoms with E-state index < -0.39 is 12.1 Å². The van der Waals surface area contributed by atoms with Crippen molar-refractivity contribution < 1.29 is 14.7 Å². The molecular weight excluding hydrogens is 294 g/mol. The van der Waals surface area contributed by atoms with E-state index in [1.54, 1.807) is 0 Å². The molecule has 6 heteroatoms. The Morgan fingerprint density at radius 1 is 1.48 bits per heavy atom. The van der Waals surface area contributed by atoms with Gasteiger partial charge in [-0.2, -0.15) is 0 Å². The van der Waals surface area contributed by atoms with E-state index in [-0.39, 0.29) is 11.5 Å². The third-order valence-corrected chi connectivity index (χ3v) is 4.33. The number of hydrogen-bond donors (Lipinski definition) is 3. The first-order valence-corrected chi connectivity index (χ1v) is 7.89. The molecular formula is C17H25N3O3. The summed E-state index contributed by atoms with van der Waals surface area (Å²) in [6, 6.07) is -0.508. The second-order valence-electron chi connectivity index (χ2n) is 6.77. The number of nitrogens with zero attached hydrogens (tertiary/aromatic N) is 1. The van der Waals surface area contributed by atoms with Crippen molar-refractivity contribution in [2.45, 2.75) is 38.6 Å². The van der Waals surface area contributed by atoms with Crippen LogP contribution < -0.4 is 11.1 Å². The van der Waals surface area contributed by atoms with Gasteiger partial charge in [0.25, 0.3) is 0 Å². The van der Waals surface area contributed by atoms with Crippen molar-refractivity contribution in [2.75, 3.05) is 13.1 Å². The monoisotopic (exact) mass is 319 g/mol. The number of nitrogens with two attached hydrogens (primary N) is 1. The van der Waals surface area contributed by atoms with E-state index in [0.717, 1.165) is 24.8 Å². The van der Waals surface area contributed by atoms with E-state index in [1.165, 1.54) is 10.5 Å². The Kier molecular flexibility index (Phi) is 5.13. The Balaban J connectivity index is 1.89. The van der Waals surface area contributed by atoms with Gasteiger partial charge < -0.3 is 21.1 Å². The van der Waals surface area contributed by atoms with Crippen molar-refractivity contribution in [3.8, 4) is 0 Å². The number of rotatable bonds is 5.